The Labute approximate surface area is 173 Å². The first-order chi connectivity index (χ1) is 13.4. The maximum absolute atomic E-state index is 13.3. The van der Waals surface area contributed by atoms with Crippen LogP contribution in [0.15, 0.2) is 60.7 Å². The monoisotopic (exact) mass is 397 g/mol. The lowest BCUT2D eigenvalue weighted by Crippen LogP contribution is -2.65. The Hall–Kier alpha value is -2.37. The van der Waals surface area contributed by atoms with Crippen LogP contribution in [0.1, 0.15) is 52.7 Å². The Morgan fingerprint density at radius 2 is 1.41 bits per heavy atom. The maximum Gasteiger partial charge on any atom is 0.413 e. The van der Waals surface area contributed by atoms with Crippen LogP contribution >= 0.6 is 0 Å². The van der Waals surface area contributed by atoms with Gasteiger partial charge in [-0.15, -0.1) is 0 Å². The first-order valence-corrected chi connectivity index (χ1v) is 9.92. The van der Waals surface area contributed by atoms with Crippen LogP contribution in [0.2, 0.25) is 0 Å². The minimum Gasteiger partial charge on any atom is -0.444 e. The van der Waals surface area contributed by atoms with Crippen molar-refractivity contribution in [3.63, 3.8) is 0 Å². The molecule has 2 aromatic rings. The minimum absolute atomic E-state index is 0.152. The second-order valence-corrected chi connectivity index (χ2v) is 9.27. The molecule has 0 spiro atoms. The van der Waals surface area contributed by atoms with E-state index in [0.717, 1.165) is 0 Å². The van der Waals surface area contributed by atoms with Crippen molar-refractivity contribution in [2.24, 2.45) is 0 Å². The van der Waals surface area contributed by atoms with E-state index < -0.39 is 28.6 Å². The van der Waals surface area contributed by atoms with Gasteiger partial charge < -0.3 is 14.6 Å². The topological polar surface area (TPSA) is 59.0 Å². The number of hydrogen-bond acceptors (Lipinski definition) is 4. The second-order valence-electron chi connectivity index (χ2n) is 9.27. The van der Waals surface area contributed by atoms with E-state index in [-0.39, 0.29) is 6.61 Å². The van der Waals surface area contributed by atoms with Crippen LogP contribution < -0.4 is 0 Å². The fourth-order valence-electron chi connectivity index (χ4n) is 4.18. The lowest BCUT2D eigenvalue weighted by molar-refractivity contribution is -0.0999. The van der Waals surface area contributed by atoms with Gasteiger partial charge in [0.25, 0.3) is 0 Å². The molecule has 3 rings (SSSR count). The van der Waals surface area contributed by atoms with Crippen LogP contribution in [0.3, 0.4) is 0 Å². The van der Waals surface area contributed by atoms with E-state index in [1.54, 1.807) is 4.90 Å². The quantitative estimate of drug-likeness (QED) is 0.817. The van der Waals surface area contributed by atoms with E-state index in [4.69, 9.17) is 9.47 Å². The highest BCUT2D eigenvalue weighted by Gasteiger charge is 2.63. The average Bonchev–Trinajstić information content (AvgIpc) is 2.91. The van der Waals surface area contributed by atoms with Crippen LogP contribution in [0, 0.1) is 0 Å². The lowest BCUT2D eigenvalue weighted by atomic mass is 9.71. The zero-order chi connectivity index (χ0) is 21.5. The van der Waals surface area contributed by atoms with E-state index >= 15 is 0 Å². The molecule has 29 heavy (non-hydrogen) atoms. The third-order valence-corrected chi connectivity index (χ3v) is 5.48. The summed E-state index contributed by atoms with van der Waals surface area (Å²) in [5, 5.41) is 12.3. The van der Waals surface area contributed by atoms with Crippen LogP contribution in [0.4, 0.5) is 4.79 Å². The lowest BCUT2D eigenvalue weighted by Gasteiger charge is -2.49. The number of aliphatic hydroxyl groups is 1. The molecule has 1 fully saturated rings. The molecule has 0 aliphatic carbocycles. The number of ether oxygens (including phenoxy) is 2. The molecule has 0 saturated carbocycles. The third kappa shape index (κ3) is 3.65. The number of carbonyl (C=O) groups is 1. The molecule has 0 aromatic heterocycles. The molecule has 5 nitrogen and oxygen atoms in total. The molecule has 0 radical (unpaired) electrons. The number of amides is 1. The first-order valence-electron chi connectivity index (χ1n) is 9.92. The molecule has 2 aromatic carbocycles. The van der Waals surface area contributed by atoms with Crippen LogP contribution in [0.5, 0.6) is 0 Å². The standard InChI is InChI=1S/C24H31NO4/c1-21(2,3)29-20(26)25-22(4,5)28-17-23(25,6)24(27,18-13-9-7-10-14-18)19-15-11-8-12-16-19/h7-16,27H,17H2,1-6H3/t23-/m1/s1. The zero-order valence-corrected chi connectivity index (χ0v) is 18.1. The van der Waals surface area contributed by atoms with E-state index in [0.29, 0.717) is 11.1 Å². The van der Waals surface area contributed by atoms with E-state index in [2.05, 4.69) is 0 Å². The van der Waals surface area contributed by atoms with Crippen molar-refractivity contribution in [2.45, 2.75) is 64.0 Å². The molecule has 156 valence electrons. The Bertz CT molecular complexity index is 818. The molecule has 1 aliphatic rings. The van der Waals surface area contributed by atoms with E-state index in [1.807, 2.05) is 102 Å². The molecule has 1 N–H and O–H groups in total. The average molecular weight is 398 g/mol. The van der Waals surface area contributed by atoms with E-state index in [9.17, 15) is 9.90 Å². The fraction of sp³-hybridized carbons (Fsp3) is 0.458. The van der Waals surface area contributed by atoms with Gasteiger partial charge in [0, 0.05) is 0 Å². The predicted octanol–water partition coefficient (Wildman–Crippen LogP) is 4.68. The van der Waals surface area contributed by atoms with Crippen molar-refractivity contribution in [1.82, 2.24) is 4.90 Å². The third-order valence-electron chi connectivity index (χ3n) is 5.48. The van der Waals surface area contributed by atoms with Crippen LogP contribution in [-0.4, -0.2) is 39.6 Å². The summed E-state index contributed by atoms with van der Waals surface area (Å²) in [5.74, 6) is 0. The first kappa shape index (κ1) is 21.3. The molecular weight excluding hydrogens is 366 g/mol. The number of nitrogens with zero attached hydrogens (tertiary/aromatic N) is 1. The molecule has 1 aliphatic heterocycles. The summed E-state index contributed by atoms with van der Waals surface area (Å²) in [7, 11) is 0. The summed E-state index contributed by atoms with van der Waals surface area (Å²) in [5.41, 5.74) is -2.88. The van der Waals surface area contributed by atoms with Gasteiger partial charge in [-0.3, -0.25) is 4.90 Å². The maximum atomic E-state index is 13.3. The van der Waals surface area contributed by atoms with Gasteiger partial charge in [0.05, 0.1) is 6.61 Å². The van der Waals surface area contributed by atoms with Crippen molar-refractivity contribution in [3.05, 3.63) is 71.8 Å². The molecule has 1 atom stereocenters. The van der Waals surface area contributed by atoms with Crippen LogP contribution in [0.25, 0.3) is 0 Å². The number of hydrogen-bond donors (Lipinski definition) is 1. The van der Waals surface area contributed by atoms with Crippen molar-refractivity contribution in [2.75, 3.05) is 6.61 Å². The fourth-order valence-corrected chi connectivity index (χ4v) is 4.18. The minimum atomic E-state index is -1.51. The van der Waals surface area contributed by atoms with Gasteiger partial charge >= 0.3 is 6.09 Å². The van der Waals surface area contributed by atoms with Gasteiger partial charge in [-0.05, 0) is 52.7 Å². The van der Waals surface area contributed by atoms with Gasteiger partial charge in [-0.1, -0.05) is 60.7 Å². The molecule has 1 amide bonds. The molecule has 1 heterocycles. The SMILES string of the molecule is CC(C)(C)OC(=O)N1C(C)(C)OC[C@]1(C)C(O)(c1ccccc1)c1ccccc1. The molecule has 5 heteroatoms. The van der Waals surface area contributed by atoms with Gasteiger partial charge in [-0.2, -0.15) is 0 Å². The molecule has 0 bridgehead atoms. The number of rotatable bonds is 3. The highest BCUT2D eigenvalue weighted by molar-refractivity contribution is 5.71. The summed E-state index contributed by atoms with van der Waals surface area (Å²) < 4.78 is 11.8. The van der Waals surface area contributed by atoms with Crippen molar-refractivity contribution < 1.29 is 19.4 Å². The molecule has 0 unspecified atom stereocenters. The van der Waals surface area contributed by atoms with Crippen molar-refractivity contribution >= 4 is 6.09 Å². The number of benzene rings is 2. The Morgan fingerprint density at radius 3 is 1.83 bits per heavy atom. The summed E-state index contributed by atoms with van der Waals surface area (Å²) in [4.78, 5) is 14.9. The van der Waals surface area contributed by atoms with Gasteiger partial charge in [0.1, 0.15) is 22.5 Å². The highest BCUT2D eigenvalue weighted by Crippen LogP contribution is 2.50. The van der Waals surface area contributed by atoms with Gasteiger partial charge in [0.15, 0.2) is 0 Å². The molecular formula is C24H31NO4. The summed E-state index contributed by atoms with van der Waals surface area (Å²) in [6.07, 6.45) is -0.521. The number of carbonyl (C=O) groups excluding carboxylic acids is 1. The summed E-state index contributed by atoms with van der Waals surface area (Å²) in [6, 6.07) is 18.8. The van der Waals surface area contributed by atoms with Crippen molar-refractivity contribution in [3.8, 4) is 0 Å². The summed E-state index contributed by atoms with van der Waals surface area (Å²) >= 11 is 0. The Balaban J connectivity index is 2.22. The Kier molecular flexibility index (Phi) is 5.26. The summed E-state index contributed by atoms with van der Waals surface area (Å²) in [6.45, 7) is 11.1. The van der Waals surface area contributed by atoms with E-state index in [1.165, 1.54) is 0 Å². The van der Waals surface area contributed by atoms with Gasteiger partial charge in [0.2, 0.25) is 0 Å². The highest BCUT2D eigenvalue weighted by atomic mass is 16.6. The van der Waals surface area contributed by atoms with Crippen molar-refractivity contribution in [1.29, 1.82) is 0 Å². The van der Waals surface area contributed by atoms with Gasteiger partial charge in [-0.25, -0.2) is 4.79 Å². The second kappa shape index (κ2) is 7.15. The smallest absolute Gasteiger partial charge is 0.413 e. The van der Waals surface area contributed by atoms with Crippen LogP contribution in [-0.2, 0) is 15.1 Å². The normalized spacial score (nSPS) is 21.8. The Morgan fingerprint density at radius 1 is 0.966 bits per heavy atom. The largest absolute Gasteiger partial charge is 0.444 e. The molecule has 1 saturated heterocycles. The predicted molar refractivity (Wildman–Crippen MR) is 112 cm³/mol. The zero-order valence-electron chi connectivity index (χ0n) is 18.1.